The molecule has 2 N–H and O–H groups in total. The van der Waals surface area contributed by atoms with Crippen molar-refractivity contribution in [3.05, 3.63) is 64.2 Å². The van der Waals surface area contributed by atoms with Crippen LogP contribution in [0.2, 0.25) is 0 Å². The number of halogens is 1. The molecule has 1 heterocycles. The maximum absolute atomic E-state index is 12.5. The quantitative estimate of drug-likeness (QED) is 0.903. The van der Waals surface area contributed by atoms with Crippen LogP contribution < -0.4 is 10.6 Å². The lowest BCUT2D eigenvalue weighted by Crippen LogP contribution is -2.14. The lowest BCUT2D eigenvalue weighted by atomic mass is 10.0. The van der Waals surface area contributed by atoms with Crippen molar-refractivity contribution < 1.29 is 4.79 Å². The SMILES string of the molecule is CCc1cccc(C)c1NC(=O)c1ccc2c(c1)CNC2.Cl. The Kier molecular flexibility index (Phi) is 5.22. The molecule has 0 saturated carbocycles. The van der Waals surface area contributed by atoms with E-state index in [1.807, 2.05) is 37.3 Å². The molecule has 1 aliphatic heterocycles. The van der Waals surface area contributed by atoms with Crippen LogP contribution in [0.25, 0.3) is 0 Å². The highest BCUT2D eigenvalue weighted by molar-refractivity contribution is 6.05. The molecule has 1 aliphatic rings. The van der Waals surface area contributed by atoms with Gasteiger partial charge in [-0.1, -0.05) is 31.2 Å². The number of benzene rings is 2. The molecule has 4 heteroatoms. The number of nitrogens with one attached hydrogen (secondary N) is 2. The molecule has 2 aromatic carbocycles. The summed E-state index contributed by atoms with van der Waals surface area (Å²) in [5.41, 5.74) is 6.46. The van der Waals surface area contributed by atoms with Gasteiger partial charge in [0.15, 0.2) is 0 Å². The van der Waals surface area contributed by atoms with Gasteiger partial charge in [0, 0.05) is 24.3 Å². The van der Waals surface area contributed by atoms with Gasteiger partial charge in [0.25, 0.3) is 5.91 Å². The van der Waals surface area contributed by atoms with E-state index in [0.29, 0.717) is 0 Å². The molecule has 0 aliphatic carbocycles. The third kappa shape index (κ3) is 3.16. The second-order valence-corrected chi connectivity index (χ2v) is 5.50. The van der Waals surface area contributed by atoms with Crippen molar-refractivity contribution in [2.24, 2.45) is 0 Å². The Bertz CT molecular complexity index is 697. The van der Waals surface area contributed by atoms with Gasteiger partial charge in [0.1, 0.15) is 0 Å². The molecule has 0 unspecified atom stereocenters. The number of para-hydroxylation sites is 1. The predicted molar refractivity (Wildman–Crippen MR) is 92.7 cm³/mol. The monoisotopic (exact) mass is 316 g/mol. The molecule has 3 rings (SSSR count). The molecule has 0 radical (unpaired) electrons. The van der Waals surface area contributed by atoms with Crippen LogP contribution in [0.5, 0.6) is 0 Å². The molecular formula is C18H21ClN2O. The molecule has 116 valence electrons. The van der Waals surface area contributed by atoms with Crippen molar-refractivity contribution in [2.75, 3.05) is 5.32 Å². The van der Waals surface area contributed by atoms with Gasteiger partial charge in [0.05, 0.1) is 0 Å². The van der Waals surface area contributed by atoms with Crippen LogP contribution in [-0.2, 0) is 19.5 Å². The molecule has 2 aromatic rings. The smallest absolute Gasteiger partial charge is 0.255 e. The molecule has 0 spiro atoms. The Morgan fingerprint density at radius 1 is 1.18 bits per heavy atom. The van der Waals surface area contributed by atoms with Crippen LogP contribution in [0, 0.1) is 6.92 Å². The molecule has 0 fully saturated rings. The van der Waals surface area contributed by atoms with Gasteiger partial charge in [-0.25, -0.2) is 0 Å². The number of aryl methyl sites for hydroxylation is 2. The topological polar surface area (TPSA) is 41.1 Å². The van der Waals surface area contributed by atoms with E-state index >= 15 is 0 Å². The van der Waals surface area contributed by atoms with Crippen LogP contribution in [0.1, 0.15) is 39.5 Å². The summed E-state index contributed by atoms with van der Waals surface area (Å²) in [6.45, 7) is 5.88. The fraction of sp³-hybridized carbons (Fsp3) is 0.278. The normalized spacial score (nSPS) is 12.5. The van der Waals surface area contributed by atoms with Crippen molar-refractivity contribution in [1.82, 2.24) is 5.32 Å². The summed E-state index contributed by atoms with van der Waals surface area (Å²) < 4.78 is 0. The fourth-order valence-electron chi connectivity index (χ4n) is 2.82. The van der Waals surface area contributed by atoms with Gasteiger partial charge in [0.2, 0.25) is 0 Å². The van der Waals surface area contributed by atoms with E-state index in [4.69, 9.17) is 0 Å². The first-order valence-electron chi connectivity index (χ1n) is 7.41. The molecule has 0 atom stereocenters. The molecule has 3 nitrogen and oxygen atoms in total. The van der Waals surface area contributed by atoms with Crippen molar-refractivity contribution in [2.45, 2.75) is 33.4 Å². The third-order valence-electron chi connectivity index (χ3n) is 4.08. The number of carbonyl (C=O) groups is 1. The van der Waals surface area contributed by atoms with Gasteiger partial charge in [-0.3, -0.25) is 4.79 Å². The Hall–Kier alpha value is -1.84. The molecular weight excluding hydrogens is 296 g/mol. The zero-order valence-corrected chi connectivity index (χ0v) is 13.7. The Morgan fingerprint density at radius 2 is 1.95 bits per heavy atom. The number of hydrogen-bond donors (Lipinski definition) is 2. The van der Waals surface area contributed by atoms with Crippen LogP contribution in [0.15, 0.2) is 36.4 Å². The van der Waals surface area contributed by atoms with Crippen LogP contribution >= 0.6 is 12.4 Å². The summed E-state index contributed by atoms with van der Waals surface area (Å²) in [4.78, 5) is 12.5. The summed E-state index contributed by atoms with van der Waals surface area (Å²) in [6, 6.07) is 12.1. The van der Waals surface area contributed by atoms with Crippen molar-refractivity contribution >= 4 is 24.0 Å². The zero-order valence-electron chi connectivity index (χ0n) is 12.9. The lowest BCUT2D eigenvalue weighted by molar-refractivity contribution is 0.102. The van der Waals surface area contributed by atoms with Crippen LogP contribution in [-0.4, -0.2) is 5.91 Å². The fourth-order valence-corrected chi connectivity index (χ4v) is 2.82. The first-order chi connectivity index (χ1) is 10.2. The van der Waals surface area contributed by atoms with E-state index in [2.05, 4.69) is 23.6 Å². The Balaban J connectivity index is 0.00000176. The van der Waals surface area contributed by atoms with E-state index in [-0.39, 0.29) is 18.3 Å². The number of carbonyl (C=O) groups excluding carboxylic acids is 1. The van der Waals surface area contributed by atoms with Crippen molar-refractivity contribution in [3.63, 3.8) is 0 Å². The van der Waals surface area contributed by atoms with Gasteiger partial charge in [-0.15, -0.1) is 12.4 Å². The minimum Gasteiger partial charge on any atom is -0.321 e. The third-order valence-corrected chi connectivity index (χ3v) is 4.08. The van der Waals surface area contributed by atoms with Crippen molar-refractivity contribution in [1.29, 1.82) is 0 Å². The highest BCUT2D eigenvalue weighted by atomic mass is 35.5. The number of fused-ring (bicyclic) bond motifs is 1. The number of anilines is 1. The van der Waals surface area contributed by atoms with E-state index in [0.717, 1.165) is 36.3 Å². The molecule has 1 amide bonds. The zero-order chi connectivity index (χ0) is 14.8. The first-order valence-corrected chi connectivity index (χ1v) is 7.41. The lowest BCUT2D eigenvalue weighted by Gasteiger charge is -2.13. The molecule has 0 bridgehead atoms. The Morgan fingerprint density at radius 3 is 2.73 bits per heavy atom. The average Bonchev–Trinajstić information content (AvgIpc) is 2.96. The largest absolute Gasteiger partial charge is 0.321 e. The highest BCUT2D eigenvalue weighted by Crippen LogP contribution is 2.23. The van der Waals surface area contributed by atoms with Gasteiger partial charge in [-0.2, -0.15) is 0 Å². The summed E-state index contributed by atoms with van der Waals surface area (Å²) in [7, 11) is 0. The van der Waals surface area contributed by atoms with E-state index < -0.39 is 0 Å². The summed E-state index contributed by atoms with van der Waals surface area (Å²) in [5.74, 6) is -0.0336. The number of rotatable bonds is 3. The standard InChI is InChI=1S/C18H20N2O.ClH/c1-3-13-6-4-5-12(2)17(13)20-18(21)14-7-8-15-10-19-11-16(15)9-14;/h4-9,19H,3,10-11H2,1-2H3,(H,20,21);1H. The minimum absolute atomic E-state index is 0. The predicted octanol–water partition coefficient (Wildman–Crippen LogP) is 3.83. The second-order valence-electron chi connectivity index (χ2n) is 5.50. The van der Waals surface area contributed by atoms with Crippen LogP contribution in [0.3, 0.4) is 0 Å². The van der Waals surface area contributed by atoms with Crippen molar-refractivity contribution in [3.8, 4) is 0 Å². The second kappa shape index (κ2) is 6.95. The van der Waals surface area contributed by atoms with Gasteiger partial charge >= 0.3 is 0 Å². The summed E-state index contributed by atoms with van der Waals surface area (Å²) in [6.07, 6.45) is 0.908. The average molecular weight is 317 g/mol. The van der Waals surface area contributed by atoms with E-state index in [1.165, 1.54) is 16.7 Å². The molecule has 22 heavy (non-hydrogen) atoms. The van der Waals surface area contributed by atoms with Gasteiger partial charge < -0.3 is 10.6 Å². The highest BCUT2D eigenvalue weighted by Gasteiger charge is 2.15. The number of amides is 1. The van der Waals surface area contributed by atoms with E-state index in [1.54, 1.807) is 0 Å². The maximum Gasteiger partial charge on any atom is 0.255 e. The maximum atomic E-state index is 12.5. The summed E-state index contributed by atoms with van der Waals surface area (Å²) >= 11 is 0. The van der Waals surface area contributed by atoms with Gasteiger partial charge in [-0.05, 0) is 47.7 Å². The van der Waals surface area contributed by atoms with Crippen LogP contribution in [0.4, 0.5) is 5.69 Å². The minimum atomic E-state index is -0.0336. The molecule has 0 aromatic heterocycles. The van der Waals surface area contributed by atoms with E-state index in [9.17, 15) is 4.79 Å². The first kappa shape index (κ1) is 16.5. The molecule has 0 saturated heterocycles. The summed E-state index contributed by atoms with van der Waals surface area (Å²) in [5, 5.41) is 6.38. The Labute approximate surface area is 137 Å². The number of hydrogen-bond acceptors (Lipinski definition) is 2.